The summed E-state index contributed by atoms with van der Waals surface area (Å²) in [6, 6.07) is 9.45. The van der Waals surface area contributed by atoms with Gasteiger partial charge in [0.05, 0.1) is 12.2 Å². The van der Waals surface area contributed by atoms with E-state index < -0.39 is 23.4 Å². The Morgan fingerprint density at radius 3 is 2.28 bits per heavy atom. The van der Waals surface area contributed by atoms with Crippen molar-refractivity contribution in [2.24, 2.45) is 17.8 Å². The van der Waals surface area contributed by atoms with Crippen LogP contribution >= 0.6 is 0 Å². The highest BCUT2D eigenvalue weighted by molar-refractivity contribution is 5.91. The van der Waals surface area contributed by atoms with Gasteiger partial charge in [0.15, 0.2) is 11.6 Å². The summed E-state index contributed by atoms with van der Waals surface area (Å²) in [5, 5.41) is 0. The predicted molar refractivity (Wildman–Crippen MR) is 141 cm³/mol. The van der Waals surface area contributed by atoms with Gasteiger partial charge < -0.3 is 9.47 Å². The summed E-state index contributed by atoms with van der Waals surface area (Å²) in [6.07, 6.45) is 13.0. The van der Waals surface area contributed by atoms with Crippen LogP contribution in [0.3, 0.4) is 0 Å². The van der Waals surface area contributed by atoms with Gasteiger partial charge in [-0.1, -0.05) is 78.2 Å². The molecule has 5 heteroatoms. The summed E-state index contributed by atoms with van der Waals surface area (Å²) >= 11 is 0. The summed E-state index contributed by atoms with van der Waals surface area (Å²) in [6.45, 7) is 6.92. The molecule has 0 aromatic heterocycles. The normalized spacial score (nSPS) is 18.6. The van der Waals surface area contributed by atoms with Gasteiger partial charge >= 0.3 is 5.97 Å². The first kappa shape index (κ1) is 28.1. The van der Waals surface area contributed by atoms with E-state index in [1.165, 1.54) is 69.9 Å². The molecule has 3 rings (SSSR count). The Morgan fingerprint density at radius 1 is 0.917 bits per heavy atom. The molecule has 1 saturated carbocycles. The fourth-order valence-corrected chi connectivity index (χ4v) is 4.93. The molecule has 0 bridgehead atoms. The molecule has 1 atom stereocenters. The van der Waals surface area contributed by atoms with Crippen LogP contribution in [-0.2, 0) is 6.42 Å². The molecule has 0 aliphatic heterocycles. The molecule has 0 radical (unpaired) electrons. The van der Waals surface area contributed by atoms with Crippen LogP contribution in [0.2, 0.25) is 0 Å². The highest BCUT2D eigenvalue weighted by Gasteiger charge is 2.22. The van der Waals surface area contributed by atoms with Crippen LogP contribution in [0.4, 0.5) is 8.78 Å². The lowest BCUT2D eigenvalue weighted by Crippen LogP contribution is -2.20. The van der Waals surface area contributed by atoms with E-state index in [2.05, 4.69) is 6.92 Å². The van der Waals surface area contributed by atoms with E-state index in [9.17, 15) is 13.6 Å². The monoisotopic (exact) mass is 500 g/mol. The second-order valence-corrected chi connectivity index (χ2v) is 10.5. The molecule has 0 spiro atoms. The number of halogens is 2. The Kier molecular flexibility index (Phi) is 11.2. The zero-order valence-electron chi connectivity index (χ0n) is 22.2. The molecule has 198 valence electrons. The maximum atomic E-state index is 14.5. The fraction of sp³-hybridized carbons (Fsp3) is 0.581. The van der Waals surface area contributed by atoms with Gasteiger partial charge in [-0.25, -0.2) is 9.18 Å². The summed E-state index contributed by atoms with van der Waals surface area (Å²) in [5.74, 6) is -0.822. The zero-order valence-corrected chi connectivity index (χ0v) is 22.2. The summed E-state index contributed by atoms with van der Waals surface area (Å²) in [4.78, 5) is 12.5. The van der Waals surface area contributed by atoms with Gasteiger partial charge in [0, 0.05) is 0 Å². The molecule has 0 N–H and O–H groups in total. The average Bonchev–Trinajstić information content (AvgIpc) is 2.90. The van der Waals surface area contributed by atoms with E-state index in [-0.39, 0.29) is 11.5 Å². The first-order chi connectivity index (χ1) is 17.4. The van der Waals surface area contributed by atoms with E-state index in [1.807, 2.05) is 13.8 Å². The highest BCUT2D eigenvalue weighted by Crippen LogP contribution is 2.32. The number of hydrogen-bond acceptors (Lipinski definition) is 3. The number of unbranched alkanes of at least 4 members (excludes halogenated alkanes) is 3. The highest BCUT2D eigenvalue weighted by atomic mass is 19.2. The van der Waals surface area contributed by atoms with Gasteiger partial charge in [-0.05, 0) is 72.9 Å². The largest absolute Gasteiger partial charge is 0.493 e. The van der Waals surface area contributed by atoms with E-state index >= 15 is 0 Å². The molecule has 2 aromatic rings. The Labute approximate surface area is 215 Å². The van der Waals surface area contributed by atoms with Crippen molar-refractivity contribution in [2.45, 2.75) is 91.4 Å². The number of hydrogen-bond donors (Lipinski definition) is 0. The summed E-state index contributed by atoms with van der Waals surface area (Å²) in [5.41, 5.74) is 0.554. The molecule has 1 fully saturated rings. The second kappa shape index (κ2) is 14.3. The molecule has 1 unspecified atom stereocenters. The lowest BCUT2D eigenvalue weighted by atomic mass is 9.80. The summed E-state index contributed by atoms with van der Waals surface area (Å²) in [7, 11) is 0. The molecule has 0 heterocycles. The minimum atomic E-state index is -1.13. The van der Waals surface area contributed by atoms with E-state index in [0.717, 1.165) is 12.3 Å². The molecular formula is C31H42F2O3. The molecular weight excluding hydrogens is 458 g/mol. The lowest BCUT2D eigenvalue weighted by Gasteiger charge is -2.28. The van der Waals surface area contributed by atoms with Crippen molar-refractivity contribution in [1.29, 1.82) is 0 Å². The Hall–Kier alpha value is -2.43. The summed E-state index contributed by atoms with van der Waals surface area (Å²) < 4.78 is 40.0. The Morgan fingerprint density at radius 2 is 1.61 bits per heavy atom. The van der Waals surface area contributed by atoms with Gasteiger partial charge in [0.25, 0.3) is 0 Å². The minimum Gasteiger partial charge on any atom is -0.493 e. The van der Waals surface area contributed by atoms with Crippen LogP contribution in [0, 0.1) is 29.4 Å². The lowest BCUT2D eigenvalue weighted by molar-refractivity contribution is 0.0726. The zero-order chi connectivity index (χ0) is 25.9. The molecule has 1 aliphatic carbocycles. The maximum absolute atomic E-state index is 14.5. The van der Waals surface area contributed by atoms with Crippen molar-refractivity contribution in [3.05, 3.63) is 59.2 Å². The maximum Gasteiger partial charge on any atom is 0.343 e. The number of rotatable bonds is 13. The first-order valence-electron chi connectivity index (χ1n) is 13.8. The van der Waals surface area contributed by atoms with Gasteiger partial charge in [0.2, 0.25) is 5.82 Å². The Balaban J connectivity index is 1.45. The van der Waals surface area contributed by atoms with Gasteiger partial charge in [0.1, 0.15) is 5.75 Å². The van der Waals surface area contributed by atoms with Crippen LogP contribution in [-0.4, -0.2) is 12.6 Å². The number of benzene rings is 2. The number of carbonyl (C=O) groups is 1. The van der Waals surface area contributed by atoms with Crippen LogP contribution < -0.4 is 9.47 Å². The third-order valence-electron chi connectivity index (χ3n) is 7.60. The Bertz CT molecular complexity index is 949. The van der Waals surface area contributed by atoms with E-state index in [4.69, 9.17) is 9.47 Å². The predicted octanol–water partition coefficient (Wildman–Crippen LogP) is 8.93. The minimum absolute atomic E-state index is 0.239. The van der Waals surface area contributed by atoms with Crippen molar-refractivity contribution in [1.82, 2.24) is 0 Å². The van der Waals surface area contributed by atoms with Crippen LogP contribution in [0.15, 0.2) is 36.4 Å². The molecule has 3 nitrogen and oxygen atoms in total. The van der Waals surface area contributed by atoms with Crippen LogP contribution in [0.25, 0.3) is 0 Å². The average molecular weight is 501 g/mol. The van der Waals surface area contributed by atoms with Gasteiger partial charge in [-0.3, -0.25) is 0 Å². The second-order valence-electron chi connectivity index (χ2n) is 10.5. The third kappa shape index (κ3) is 8.31. The van der Waals surface area contributed by atoms with Crippen molar-refractivity contribution in [3.63, 3.8) is 0 Å². The SMILES string of the molecule is CCCCCCC1CCC(COc2ccc(C(=O)Oc3ccc(CC(C)CC)c(F)c3F)cc2)CC1. The van der Waals surface area contributed by atoms with Crippen molar-refractivity contribution < 1.29 is 23.0 Å². The fourth-order valence-electron chi connectivity index (χ4n) is 4.93. The van der Waals surface area contributed by atoms with Crippen LogP contribution in [0.5, 0.6) is 11.5 Å². The molecule has 36 heavy (non-hydrogen) atoms. The molecule has 2 aromatic carbocycles. The van der Waals surface area contributed by atoms with Crippen molar-refractivity contribution >= 4 is 5.97 Å². The van der Waals surface area contributed by atoms with Crippen molar-refractivity contribution in [3.8, 4) is 11.5 Å². The number of carbonyl (C=O) groups excluding carboxylic acids is 1. The van der Waals surface area contributed by atoms with Gasteiger partial charge in [-0.2, -0.15) is 4.39 Å². The standard InChI is InChI=1S/C31H42F2O3/c1-4-6-7-8-9-23-10-12-24(13-11-23)21-35-27-17-14-25(15-18-27)31(34)36-28-19-16-26(20-22(3)5-2)29(32)30(28)33/h14-19,22-24H,4-13,20-21H2,1-3H3. The number of ether oxygens (including phenoxy) is 2. The molecule has 0 saturated heterocycles. The third-order valence-corrected chi connectivity index (χ3v) is 7.60. The quantitative estimate of drug-likeness (QED) is 0.156. The number of esters is 1. The topological polar surface area (TPSA) is 35.5 Å². The smallest absolute Gasteiger partial charge is 0.343 e. The molecule has 1 aliphatic rings. The van der Waals surface area contributed by atoms with E-state index in [0.29, 0.717) is 30.3 Å². The van der Waals surface area contributed by atoms with E-state index in [1.54, 1.807) is 24.3 Å². The van der Waals surface area contributed by atoms with Gasteiger partial charge in [-0.15, -0.1) is 0 Å². The molecule has 0 amide bonds. The first-order valence-corrected chi connectivity index (χ1v) is 13.8. The van der Waals surface area contributed by atoms with Crippen molar-refractivity contribution in [2.75, 3.05) is 6.61 Å². The van der Waals surface area contributed by atoms with Crippen LogP contribution in [0.1, 0.15) is 101 Å².